The lowest BCUT2D eigenvalue weighted by atomic mass is 9.82. The normalized spacial score (nSPS) is 17.1. The predicted octanol–water partition coefficient (Wildman–Crippen LogP) is 1.58. The molecule has 14 heavy (non-hydrogen) atoms. The highest BCUT2D eigenvalue weighted by Crippen LogP contribution is 2.26. The summed E-state index contributed by atoms with van der Waals surface area (Å²) >= 11 is 0. The number of hydrogen-bond acceptors (Lipinski definition) is 2. The highest BCUT2D eigenvalue weighted by Gasteiger charge is 2.33. The van der Waals surface area contributed by atoms with Gasteiger partial charge in [-0.1, -0.05) is 30.3 Å². The van der Waals surface area contributed by atoms with Gasteiger partial charge in [0.1, 0.15) is 0 Å². The van der Waals surface area contributed by atoms with Gasteiger partial charge in [-0.15, -0.1) is 0 Å². The second-order valence-electron chi connectivity index (χ2n) is 3.71. The molecule has 0 bridgehead atoms. The van der Waals surface area contributed by atoms with Gasteiger partial charge in [0.05, 0.1) is 11.5 Å². The Morgan fingerprint density at radius 3 is 2.36 bits per heavy atom. The van der Waals surface area contributed by atoms with E-state index < -0.39 is 17.4 Å². The highest BCUT2D eigenvalue weighted by atomic mass is 16.4. The summed E-state index contributed by atoms with van der Waals surface area (Å²) in [5.41, 5.74) is 6.02. The summed E-state index contributed by atoms with van der Waals surface area (Å²) < 4.78 is 0. The zero-order valence-corrected chi connectivity index (χ0v) is 8.40. The molecule has 1 rings (SSSR count). The van der Waals surface area contributed by atoms with Crippen LogP contribution >= 0.6 is 0 Å². The Labute approximate surface area is 83.6 Å². The summed E-state index contributed by atoms with van der Waals surface area (Å²) in [6.45, 7) is 3.36. The van der Waals surface area contributed by atoms with Gasteiger partial charge in [-0.2, -0.15) is 0 Å². The first kappa shape index (κ1) is 10.7. The molecule has 76 valence electrons. The fourth-order valence-electron chi connectivity index (χ4n) is 1.30. The molecule has 1 aromatic rings. The van der Waals surface area contributed by atoms with Crippen molar-refractivity contribution in [3.8, 4) is 0 Å². The largest absolute Gasteiger partial charge is 0.481 e. The Balaban J connectivity index is 3.02. The minimum absolute atomic E-state index is 0.607. The van der Waals surface area contributed by atoms with E-state index in [4.69, 9.17) is 10.8 Å². The van der Waals surface area contributed by atoms with Crippen LogP contribution in [-0.4, -0.2) is 11.1 Å². The summed E-state index contributed by atoms with van der Waals surface area (Å²) in [5.74, 6) is -1.48. The lowest BCUT2D eigenvalue weighted by Gasteiger charge is -2.29. The molecule has 0 unspecified atom stereocenters. The smallest absolute Gasteiger partial charge is 0.308 e. The van der Waals surface area contributed by atoms with Crippen LogP contribution in [0.1, 0.15) is 19.4 Å². The van der Waals surface area contributed by atoms with E-state index in [9.17, 15) is 4.79 Å². The van der Waals surface area contributed by atoms with Crippen LogP contribution in [0.2, 0.25) is 0 Å². The molecule has 1 aromatic carbocycles. The minimum Gasteiger partial charge on any atom is -0.481 e. The molecule has 0 amide bonds. The monoisotopic (exact) mass is 193 g/mol. The Morgan fingerprint density at radius 1 is 1.43 bits per heavy atom. The third-order valence-corrected chi connectivity index (χ3v) is 2.67. The van der Waals surface area contributed by atoms with Crippen LogP contribution in [0.15, 0.2) is 30.3 Å². The maximum atomic E-state index is 10.8. The number of carboxylic acids is 1. The molecule has 3 heteroatoms. The van der Waals surface area contributed by atoms with Crippen molar-refractivity contribution >= 4 is 5.97 Å². The third-order valence-electron chi connectivity index (χ3n) is 2.67. The Kier molecular flexibility index (Phi) is 2.91. The fraction of sp³-hybridized carbons (Fsp3) is 0.364. The van der Waals surface area contributed by atoms with Crippen molar-refractivity contribution in [2.75, 3.05) is 0 Å². The Bertz CT molecular complexity index is 319. The quantitative estimate of drug-likeness (QED) is 0.766. The highest BCUT2D eigenvalue weighted by molar-refractivity contribution is 5.71. The number of carbonyl (C=O) groups is 1. The average Bonchev–Trinajstić information content (AvgIpc) is 2.18. The van der Waals surface area contributed by atoms with E-state index in [1.165, 1.54) is 0 Å². The van der Waals surface area contributed by atoms with Crippen LogP contribution in [0, 0.1) is 5.92 Å². The van der Waals surface area contributed by atoms with E-state index in [1.54, 1.807) is 13.8 Å². The van der Waals surface area contributed by atoms with Crippen molar-refractivity contribution < 1.29 is 9.90 Å². The van der Waals surface area contributed by atoms with Gasteiger partial charge in [-0.3, -0.25) is 4.79 Å². The molecule has 0 radical (unpaired) electrons. The Morgan fingerprint density at radius 2 is 1.93 bits per heavy atom. The number of nitrogens with two attached hydrogens (primary N) is 1. The molecule has 3 N–H and O–H groups in total. The Hall–Kier alpha value is -1.35. The lowest BCUT2D eigenvalue weighted by Crippen LogP contribution is -2.43. The van der Waals surface area contributed by atoms with Crippen molar-refractivity contribution in [1.82, 2.24) is 0 Å². The summed E-state index contributed by atoms with van der Waals surface area (Å²) in [4.78, 5) is 10.8. The second-order valence-corrected chi connectivity index (χ2v) is 3.71. The molecule has 0 heterocycles. The van der Waals surface area contributed by atoms with E-state index in [-0.39, 0.29) is 0 Å². The average molecular weight is 193 g/mol. The molecule has 0 aliphatic carbocycles. The molecule has 0 saturated heterocycles. The standard InChI is InChI=1S/C11H15NO2/c1-8(10(13)14)11(2,12)9-6-4-3-5-7-9/h3-8H,12H2,1-2H3,(H,13,14)/t8-,11+/m1/s1. The van der Waals surface area contributed by atoms with Crippen LogP contribution in [0.25, 0.3) is 0 Å². The zero-order chi connectivity index (χ0) is 10.8. The number of benzene rings is 1. The zero-order valence-electron chi connectivity index (χ0n) is 8.40. The molecule has 0 spiro atoms. The first-order valence-electron chi connectivity index (χ1n) is 4.53. The number of aliphatic carboxylic acids is 1. The van der Waals surface area contributed by atoms with E-state index in [2.05, 4.69) is 0 Å². The molecule has 0 saturated carbocycles. The molecule has 0 aromatic heterocycles. The molecule has 2 atom stereocenters. The summed E-state index contributed by atoms with van der Waals surface area (Å²) in [6, 6.07) is 9.29. The minimum atomic E-state index is -0.876. The molecule has 0 fully saturated rings. The van der Waals surface area contributed by atoms with Gasteiger partial charge < -0.3 is 10.8 Å². The molecular formula is C11H15NO2. The maximum absolute atomic E-state index is 10.8. The fourth-order valence-corrected chi connectivity index (χ4v) is 1.30. The predicted molar refractivity (Wildman–Crippen MR) is 54.8 cm³/mol. The lowest BCUT2D eigenvalue weighted by molar-refractivity contribution is -0.143. The van der Waals surface area contributed by atoms with Gasteiger partial charge in [0.15, 0.2) is 0 Å². The van der Waals surface area contributed by atoms with E-state index in [0.717, 1.165) is 5.56 Å². The van der Waals surface area contributed by atoms with Crippen molar-refractivity contribution in [3.05, 3.63) is 35.9 Å². The van der Waals surface area contributed by atoms with Gasteiger partial charge in [0.2, 0.25) is 0 Å². The van der Waals surface area contributed by atoms with Crippen molar-refractivity contribution in [2.45, 2.75) is 19.4 Å². The summed E-state index contributed by atoms with van der Waals surface area (Å²) in [5, 5.41) is 8.90. The molecule has 0 aliphatic heterocycles. The van der Waals surface area contributed by atoms with Crippen LogP contribution in [0.5, 0.6) is 0 Å². The van der Waals surface area contributed by atoms with Crippen LogP contribution < -0.4 is 5.73 Å². The van der Waals surface area contributed by atoms with Crippen LogP contribution in [0.3, 0.4) is 0 Å². The summed E-state index contributed by atoms with van der Waals surface area (Å²) in [6.07, 6.45) is 0. The van der Waals surface area contributed by atoms with Crippen LogP contribution in [-0.2, 0) is 10.3 Å². The maximum Gasteiger partial charge on any atom is 0.308 e. The van der Waals surface area contributed by atoms with Crippen molar-refractivity contribution in [1.29, 1.82) is 0 Å². The number of carboxylic acid groups (broad SMARTS) is 1. The number of hydrogen-bond donors (Lipinski definition) is 2. The van der Waals surface area contributed by atoms with Gasteiger partial charge in [0, 0.05) is 0 Å². The first-order chi connectivity index (χ1) is 6.46. The molecule has 3 nitrogen and oxygen atoms in total. The molecular weight excluding hydrogens is 178 g/mol. The van der Waals surface area contributed by atoms with E-state index >= 15 is 0 Å². The van der Waals surface area contributed by atoms with E-state index in [1.807, 2.05) is 30.3 Å². The number of rotatable bonds is 3. The third kappa shape index (κ3) is 1.93. The summed E-state index contributed by atoms with van der Waals surface area (Å²) in [7, 11) is 0. The molecule has 0 aliphatic rings. The SMILES string of the molecule is C[C@H](C(=O)O)[C@](C)(N)c1ccccc1. The van der Waals surface area contributed by atoms with Crippen molar-refractivity contribution in [2.24, 2.45) is 11.7 Å². The van der Waals surface area contributed by atoms with Gasteiger partial charge in [0.25, 0.3) is 0 Å². The first-order valence-corrected chi connectivity index (χ1v) is 4.53. The van der Waals surface area contributed by atoms with Crippen molar-refractivity contribution in [3.63, 3.8) is 0 Å². The van der Waals surface area contributed by atoms with Gasteiger partial charge >= 0.3 is 5.97 Å². The second kappa shape index (κ2) is 3.80. The van der Waals surface area contributed by atoms with Gasteiger partial charge in [-0.05, 0) is 19.4 Å². The van der Waals surface area contributed by atoms with E-state index in [0.29, 0.717) is 0 Å². The van der Waals surface area contributed by atoms with Gasteiger partial charge in [-0.25, -0.2) is 0 Å². The topological polar surface area (TPSA) is 63.3 Å². The van der Waals surface area contributed by atoms with Crippen LogP contribution in [0.4, 0.5) is 0 Å².